The van der Waals surface area contributed by atoms with Gasteiger partial charge in [-0.3, -0.25) is 14.7 Å². The van der Waals surface area contributed by atoms with Gasteiger partial charge in [-0.25, -0.2) is 9.67 Å². The SMILES string of the molecule is Cc1nn(-c2ccccc2)c(N2CCCCC2)c1CN1CCc2nc(-c3cccnc3)[nH]c(=O)c2C1. The van der Waals surface area contributed by atoms with E-state index in [1.54, 1.807) is 12.4 Å². The van der Waals surface area contributed by atoms with Gasteiger partial charge in [0.25, 0.3) is 5.56 Å². The Labute approximate surface area is 210 Å². The van der Waals surface area contributed by atoms with Crippen molar-refractivity contribution in [3.63, 3.8) is 0 Å². The maximum atomic E-state index is 13.1. The van der Waals surface area contributed by atoms with Gasteiger partial charge in [-0.05, 0) is 50.5 Å². The lowest BCUT2D eigenvalue weighted by atomic mass is 10.0. The number of H-pyrrole nitrogens is 1. The first kappa shape index (κ1) is 22.7. The fourth-order valence-corrected chi connectivity index (χ4v) is 5.39. The largest absolute Gasteiger partial charge is 0.356 e. The first-order chi connectivity index (χ1) is 17.7. The molecule has 2 aliphatic heterocycles. The van der Waals surface area contributed by atoms with E-state index in [4.69, 9.17) is 10.1 Å². The van der Waals surface area contributed by atoms with Crippen molar-refractivity contribution in [1.82, 2.24) is 29.6 Å². The van der Waals surface area contributed by atoms with Crippen LogP contribution in [-0.2, 0) is 19.5 Å². The third-order valence-electron chi connectivity index (χ3n) is 7.28. The summed E-state index contributed by atoms with van der Waals surface area (Å²) in [5.74, 6) is 1.79. The molecule has 36 heavy (non-hydrogen) atoms. The van der Waals surface area contributed by atoms with Crippen LogP contribution >= 0.6 is 0 Å². The van der Waals surface area contributed by atoms with Crippen molar-refractivity contribution in [3.8, 4) is 17.1 Å². The van der Waals surface area contributed by atoms with E-state index in [0.717, 1.165) is 60.8 Å². The molecule has 1 fully saturated rings. The second-order valence-corrected chi connectivity index (χ2v) is 9.72. The summed E-state index contributed by atoms with van der Waals surface area (Å²) in [7, 11) is 0. The Morgan fingerprint density at radius 3 is 2.61 bits per heavy atom. The Morgan fingerprint density at radius 2 is 1.83 bits per heavy atom. The number of nitrogens with zero attached hydrogens (tertiary/aromatic N) is 6. The number of fused-ring (bicyclic) bond motifs is 1. The summed E-state index contributed by atoms with van der Waals surface area (Å²) in [5.41, 5.74) is 5.81. The number of nitrogens with one attached hydrogen (secondary N) is 1. The number of aromatic amines is 1. The van der Waals surface area contributed by atoms with Gasteiger partial charge < -0.3 is 9.88 Å². The number of pyridine rings is 1. The number of hydrogen-bond acceptors (Lipinski definition) is 6. The molecule has 4 aromatic rings. The van der Waals surface area contributed by atoms with Gasteiger partial charge in [0.2, 0.25) is 0 Å². The van der Waals surface area contributed by atoms with E-state index in [-0.39, 0.29) is 5.56 Å². The highest BCUT2D eigenvalue weighted by Crippen LogP contribution is 2.32. The quantitative estimate of drug-likeness (QED) is 0.466. The van der Waals surface area contributed by atoms with Gasteiger partial charge in [0.15, 0.2) is 0 Å². The van der Waals surface area contributed by atoms with E-state index >= 15 is 0 Å². The molecule has 1 saturated heterocycles. The van der Waals surface area contributed by atoms with Gasteiger partial charge >= 0.3 is 0 Å². The highest BCUT2D eigenvalue weighted by atomic mass is 16.1. The van der Waals surface area contributed by atoms with Crippen LogP contribution in [-0.4, -0.2) is 49.3 Å². The maximum Gasteiger partial charge on any atom is 0.255 e. The minimum absolute atomic E-state index is 0.0588. The van der Waals surface area contributed by atoms with Crippen LogP contribution in [0.2, 0.25) is 0 Å². The highest BCUT2D eigenvalue weighted by molar-refractivity contribution is 5.56. The van der Waals surface area contributed by atoms with Crippen molar-refractivity contribution in [3.05, 3.63) is 87.7 Å². The van der Waals surface area contributed by atoms with E-state index in [0.29, 0.717) is 12.4 Å². The lowest BCUT2D eigenvalue weighted by molar-refractivity contribution is 0.241. The Hall–Kier alpha value is -3.78. The van der Waals surface area contributed by atoms with Crippen LogP contribution in [0.25, 0.3) is 17.1 Å². The molecule has 2 aliphatic rings. The molecule has 0 amide bonds. The van der Waals surface area contributed by atoms with Crippen LogP contribution in [0.4, 0.5) is 5.82 Å². The molecule has 8 nitrogen and oxygen atoms in total. The van der Waals surface area contributed by atoms with Gasteiger partial charge in [-0.15, -0.1) is 0 Å². The molecule has 0 radical (unpaired) electrons. The maximum absolute atomic E-state index is 13.1. The van der Waals surface area contributed by atoms with E-state index in [9.17, 15) is 4.79 Å². The topological polar surface area (TPSA) is 82.9 Å². The Morgan fingerprint density at radius 1 is 1.00 bits per heavy atom. The molecule has 3 aromatic heterocycles. The van der Waals surface area contributed by atoms with E-state index in [1.165, 1.54) is 30.6 Å². The Bertz CT molecular complexity index is 1410. The fraction of sp³-hybridized carbons (Fsp3) is 0.357. The minimum Gasteiger partial charge on any atom is -0.356 e. The molecule has 0 atom stereocenters. The van der Waals surface area contributed by atoms with Crippen molar-refractivity contribution >= 4 is 5.82 Å². The van der Waals surface area contributed by atoms with Crippen LogP contribution in [0.1, 0.15) is 41.8 Å². The number of anilines is 1. The first-order valence-corrected chi connectivity index (χ1v) is 12.8. The number of benzene rings is 1. The number of hydrogen-bond donors (Lipinski definition) is 1. The van der Waals surface area contributed by atoms with Gasteiger partial charge in [0.1, 0.15) is 11.6 Å². The molecule has 0 aliphatic carbocycles. The second kappa shape index (κ2) is 9.70. The number of rotatable bonds is 5. The summed E-state index contributed by atoms with van der Waals surface area (Å²) >= 11 is 0. The molecule has 1 aromatic carbocycles. The van der Waals surface area contributed by atoms with Crippen LogP contribution < -0.4 is 10.5 Å². The lowest BCUT2D eigenvalue weighted by Gasteiger charge is -2.32. The zero-order valence-electron chi connectivity index (χ0n) is 20.7. The van der Waals surface area contributed by atoms with Crippen molar-refractivity contribution in [2.45, 2.75) is 45.7 Å². The van der Waals surface area contributed by atoms with Gasteiger partial charge in [-0.2, -0.15) is 5.10 Å². The smallest absolute Gasteiger partial charge is 0.255 e. The number of piperidine rings is 1. The molecule has 5 heterocycles. The Balaban J connectivity index is 1.31. The molecule has 184 valence electrons. The number of aromatic nitrogens is 5. The van der Waals surface area contributed by atoms with Crippen molar-refractivity contribution in [2.24, 2.45) is 0 Å². The van der Waals surface area contributed by atoms with Gasteiger partial charge in [-0.1, -0.05) is 18.2 Å². The van der Waals surface area contributed by atoms with Crippen molar-refractivity contribution in [2.75, 3.05) is 24.5 Å². The molecular weight excluding hydrogens is 450 g/mol. The summed E-state index contributed by atoms with van der Waals surface area (Å²) in [6.45, 7) is 6.40. The summed E-state index contributed by atoms with van der Waals surface area (Å²) in [5, 5.41) is 4.99. The fourth-order valence-electron chi connectivity index (χ4n) is 5.39. The van der Waals surface area contributed by atoms with Crippen LogP contribution in [0, 0.1) is 6.92 Å². The molecule has 1 N–H and O–H groups in total. The second-order valence-electron chi connectivity index (χ2n) is 9.72. The molecule has 6 rings (SSSR count). The predicted molar refractivity (Wildman–Crippen MR) is 140 cm³/mol. The summed E-state index contributed by atoms with van der Waals surface area (Å²) in [4.78, 5) is 29.8. The van der Waals surface area contributed by atoms with Crippen LogP contribution in [0.5, 0.6) is 0 Å². The third-order valence-corrected chi connectivity index (χ3v) is 7.28. The van der Waals surface area contributed by atoms with Crippen molar-refractivity contribution in [1.29, 1.82) is 0 Å². The Kier molecular flexibility index (Phi) is 6.11. The highest BCUT2D eigenvalue weighted by Gasteiger charge is 2.27. The zero-order valence-corrected chi connectivity index (χ0v) is 20.7. The number of aryl methyl sites for hydroxylation is 1. The first-order valence-electron chi connectivity index (χ1n) is 12.8. The average molecular weight is 482 g/mol. The lowest BCUT2D eigenvalue weighted by Crippen LogP contribution is -2.36. The van der Waals surface area contributed by atoms with E-state index < -0.39 is 0 Å². The molecule has 0 bridgehead atoms. The molecule has 0 saturated carbocycles. The third kappa shape index (κ3) is 4.33. The molecular formula is C28H31N7O. The van der Waals surface area contributed by atoms with Crippen LogP contribution in [0.3, 0.4) is 0 Å². The summed E-state index contributed by atoms with van der Waals surface area (Å²) < 4.78 is 2.11. The van der Waals surface area contributed by atoms with Crippen molar-refractivity contribution < 1.29 is 0 Å². The molecule has 0 unspecified atom stereocenters. The molecule has 0 spiro atoms. The zero-order chi connectivity index (χ0) is 24.5. The average Bonchev–Trinajstić information content (AvgIpc) is 3.26. The summed E-state index contributed by atoms with van der Waals surface area (Å²) in [6, 6.07) is 14.2. The minimum atomic E-state index is -0.0588. The predicted octanol–water partition coefficient (Wildman–Crippen LogP) is 3.87. The summed E-state index contributed by atoms with van der Waals surface area (Å²) in [6.07, 6.45) is 7.89. The van der Waals surface area contributed by atoms with Gasteiger partial charge in [0.05, 0.1) is 22.6 Å². The normalized spacial score (nSPS) is 16.2. The van der Waals surface area contributed by atoms with Crippen LogP contribution in [0.15, 0.2) is 59.7 Å². The standard InChI is InChI=1S/C28H31N7O/c1-20-23(28(34-14-6-3-7-15-34)35(32-20)22-10-4-2-5-11-22)18-33-16-12-25-24(19-33)27(36)31-26(30-25)21-9-8-13-29-17-21/h2,4-5,8-11,13,17H,3,6-7,12,14-16,18-19H2,1H3,(H,30,31,36). The van der Waals surface area contributed by atoms with E-state index in [2.05, 4.69) is 55.6 Å². The van der Waals surface area contributed by atoms with E-state index in [1.807, 2.05) is 18.2 Å². The van der Waals surface area contributed by atoms with Gasteiger partial charge in [0, 0.05) is 62.7 Å². The number of para-hydroxylation sites is 1. The molecule has 8 heteroatoms. The monoisotopic (exact) mass is 481 g/mol.